The lowest BCUT2D eigenvalue weighted by atomic mass is 9.74. The molecule has 118 valence electrons. The van der Waals surface area contributed by atoms with E-state index in [1.165, 1.54) is 32.1 Å². The predicted molar refractivity (Wildman–Crippen MR) is 93.4 cm³/mol. The summed E-state index contributed by atoms with van der Waals surface area (Å²) < 4.78 is 0. The lowest BCUT2D eigenvalue weighted by Gasteiger charge is -2.38. The summed E-state index contributed by atoms with van der Waals surface area (Å²) in [5.41, 5.74) is 1.52. The van der Waals surface area contributed by atoms with Crippen molar-refractivity contribution in [2.75, 3.05) is 6.54 Å². The molecule has 1 unspecified atom stereocenters. The molecule has 1 atom stereocenters. The molecule has 1 nitrogen and oxygen atoms in total. The van der Waals surface area contributed by atoms with Crippen molar-refractivity contribution in [1.29, 1.82) is 0 Å². The van der Waals surface area contributed by atoms with Crippen molar-refractivity contribution in [3.8, 4) is 0 Å². The maximum atomic E-state index is 6.39. The minimum atomic E-state index is 0.414. The van der Waals surface area contributed by atoms with Gasteiger partial charge in [0.2, 0.25) is 0 Å². The van der Waals surface area contributed by atoms with Crippen molar-refractivity contribution in [2.45, 2.75) is 64.8 Å². The van der Waals surface area contributed by atoms with Crippen LogP contribution in [0.2, 0.25) is 10.0 Å². The van der Waals surface area contributed by atoms with Crippen molar-refractivity contribution < 1.29 is 0 Å². The summed E-state index contributed by atoms with van der Waals surface area (Å²) in [7, 11) is 0. The monoisotopic (exact) mass is 327 g/mol. The van der Waals surface area contributed by atoms with E-state index in [9.17, 15) is 0 Å². The normalized spacial score (nSPS) is 18.9. The molecule has 1 aromatic rings. The van der Waals surface area contributed by atoms with Gasteiger partial charge in [-0.2, -0.15) is 0 Å². The van der Waals surface area contributed by atoms with Gasteiger partial charge in [-0.05, 0) is 61.8 Å². The summed E-state index contributed by atoms with van der Waals surface area (Å²) >= 11 is 12.8. The molecule has 0 saturated heterocycles. The Bertz CT molecular complexity index is 432. The molecule has 0 aromatic heterocycles. The first-order chi connectivity index (χ1) is 10.1. The Balaban J connectivity index is 2.24. The maximum Gasteiger partial charge on any atom is 0.0453 e. The molecule has 0 aliphatic heterocycles. The molecule has 0 spiro atoms. The van der Waals surface area contributed by atoms with Gasteiger partial charge in [0, 0.05) is 16.1 Å². The lowest BCUT2D eigenvalue weighted by molar-refractivity contribution is 0.184. The van der Waals surface area contributed by atoms with Crippen LogP contribution in [-0.2, 0) is 6.42 Å². The Labute approximate surface area is 139 Å². The van der Waals surface area contributed by atoms with Crippen molar-refractivity contribution in [2.24, 2.45) is 5.41 Å². The maximum absolute atomic E-state index is 6.39. The van der Waals surface area contributed by atoms with E-state index in [1.807, 2.05) is 18.2 Å². The van der Waals surface area contributed by atoms with Crippen LogP contribution in [-0.4, -0.2) is 12.6 Å². The number of hydrogen-bond acceptors (Lipinski definition) is 1. The van der Waals surface area contributed by atoms with Gasteiger partial charge < -0.3 is 5.32 Å². The smallest absolute Gasteiger partial charge is 0.0453 e. The Kier molecular flexibility index (Phi) is 6.40. The van der Waals surface area contributed by atoms with Crippen LogP contribution in [0, 0.1) is 5.41 Å². The first-order valence-corrected chi connectivity index (χ1v) is 9.05. The minimum absolute atomic E-state index is 0.414. The third kappa shape index (κ3) is 3.94. The van der Waals surface area contributed by atoms with Gasteiger partial charge in [-0.1, -0.05) is 56.0 Å². The fourth-order valence-electron chi connectivity index (χ4n) is 3.78. The van der Waals surface area contributed by atoms with Gasteiger partial charge in [0.1, 0.15) is 0 Å². The number of halogens is 2. The summed E-state index contributed by atoms with van der Waals surface area (Å²) in [6.07, 6.45) is 8.69. The first kappa shape index (κ1) is 17.1. The molecule has 0 radical (unpaired) electrons. The van der Waals surface area contributed by atoms with Gasteiger partial charge in [-0.15, -0.1) is 0 Å². The fraction of sp³-hybridized carbons (Fsp3) is 0.667. The quantitative estimate of drug-likeness (QED) is 0.659. The molecule has 1 N–H and O–H groups in total. The summed E-state index contributed by atoms with van der Waals surface area (Å²) in [6.45, 7) is 5.62. The van der Waals surface area contributed by atoms with Crippen LogP contribution < -0.4 is 5.32 Å². The summed E-state index contributed by atoms with van der Waals surface area (Å²) in [4.78, 5) is 0. The topological polar surface area (TPSA) is 12.0 Å². The number of hydrogen-bond donors (Lipinski definition) is 1. The van der Waals surface area contributed by atoms with Crippen LogP contribution in [0.5, 0.6) is 0 Å². The van der Waals surface area contributed by atoms with Gasteiger partial charge >= 0.3 is 0 Å². The highest BCUT2D eigenvalue weighted by molar-refractivity contribution is 6.36. The fourth-order valence-corrected chi connectivity index (χ4v) is 4.33. The molecule has 0 amide bonds. The Morgan fingerprint density at radius 1 is 1.14 bits per heavy atom. The third-order valence-corrected chi connectivity index (χ3v) is 5.86. The van der Waals surface area contributed by atoms with E-state index in [4.69, 9.17) is 23.2 Å². The molecule has 3 heteroatoms. The van der Waals surface area contributed by atoms with E-state index < -0.39 is 0 Å². The molecular formula is C18H27Cl2N. The van der Waals surface area contributed by atoms with Crippen LogP contribution in [0.1, 0.15) is 57.9 Å². The highest BCUT2D eigenvalue weighted by Crippen LogP contribution is 2.45. The molecule has 0 bridgehead atoms. The highest BCUT2D eigenvalue weighted by Gasteiger charge is 2.39. The summed E-state index contributed by atoms with van der Waals surface area (Å²) in [5, 5.41) is 5.39. The van der Waals surface area contributed by atoms with Crippen LogP contribution >= 0.6 is 23.2 Å². The molecule has 1 aliphatic carbocycles. The van der Waals surface area contributed by atoms with Crippen molar-refractivity contribution >= 4 is 23.2 Å². The number of rotatable bonds is 7. The second-order valence-electron chi connectivity index (χ2n) is 6.33. The number of benzene rings is 1. The molecule has 1 aromatic carbocycles. The molecule has 21 heavy (non-hydrogen) atoms. The molecule has 2 rings (SSSR count). The van der Waals surface area contributed by atoms with Gasteiger partial charge in [0.05, 0.1) is 0 Å². The van der Waals surface area contributed by atoms with E-state index in [-0.39, 0.29) is 0 Å². The predicted octanol–water partition coefficient (Wildman–Crippen LogP) is 5.87. The van der Waals surface area contributed by atoms with Crippen molar-refractivity contribution in [1.82, 2.24) is 5.32 Å². The van der Waals surface area contributed by atoms with E-state index in [0.29, 0.717) is 11.5 Å². The van der Waals surface area contributed by atoms with E-state index in [0.717, 1.165) is 35.0 Å². The second-order valence-corrected chi connectivity index (χ2v) is 7.15. The zero-order valence-electron chi connectivity index (χ0n) is 13.2. The van der Waals surface area contributed by atoms with Gasteiger partial charge in [-0.25, -0.2) is 0 Å². The van der Waals surface area contributed by atoms with Crippen LogP contribution in [0.4, 0.5) is 0 Å². The zero-order valence-corrected chi connectivity index (χ0v) is 14.7. The summed E-state index contributed by atoms with van der Waals surface area (Å²) in [6, 6.07) is 6.30. The average Bonchev–Trinajstić information content (AvgIpc) is 2.96. The summed E-state index contributed by atoms with van der Waals surface area (Å²) in [5.74, 6) is 0. The molecule has 1 aliphatic rings. The van der Waals surface area contributed by atoms with Gasteiger partial charge in [0.15, 0.2) is 0 Å². The Hall–Kier alpha value is -0.240. The Morgan fingerprint density at radius 3 is 2.29 bits per heavy atom. The Morgan fingerprint density at radius 2 is 1.76 bits per heavy atom. The van der Waals surface area contributed by atoms with Crippen LogP contribution in [0.25, 0.3) is 0 Å². The van der Waals surface area contributed by atoms with E-state index >= 15 is 0 Å². The van der Waals surface area contributed by atoms with Crippen molar-refractivity contribution in [3.63, 3.8) is 0 Å². The number of nitrogens with one attached hydrogen (secondary N) is 1. The van der Waals surface area contributed by atoms with Gasteiger partial charge in [-0.3, -0.25) is 0 Å². The minimum Gasteiger partial charge on any atom is -0.313 e. The lowest BCUT2D eigenvalue weighted by Crippen LogP contribution is -2.45. The first-order valence-electron chi connectivity index (χ1n) is 8.29. The second kappa shape index (κ2) is 7.85. The molecular weight excluding hydrogens is 301 g/mol. The highest BCUT2D eigenvalue weighted by atomic mass is 35.5. The van der Waals surface area contributed by atoms with Crippen LogP contribution in [0.3, 0.4) is 0 Å². The largest absolute Gasteiger partial charge is 0.313 e. The average molecular weight is 328 g/mol. The van der Waals surface area contributed by atoms with E-state index in [1.54, 1.807) is 0 Å². The molecule has 1 fully saturated rings. The molecule has 0 heterocycles. The van der Waals surface area contributed by atoms with E-state index in [2.05, 4.69) is 19.2 Å². The van der Waals surface area contributed by atoms with Crippen molar-refractivity contribution in [3.05, 3.63) is 33.8 Å². The molecule has 1 saturated carbocycles. The van der Waals surface area contributed by atoms with Gasteiger partial charge in [0.25, 0.3) is 0 Å². The zero-order chi connectivity index (χ0) is 15.3. The third-order valence-electron chi connectivity index (χ3n) is 5.15. The SMILES string of the molecule is CCCNC(Cc1c(Cl)cccc1Cl)C1(CC)CCCC1. The van der Waals surface area contributed by atoms with Crippen LogP contribution in [0.15, 0.2) is 18.2 Å². The standard InChI is InChI=1S/C18H27Cl2N/c1-3-12-21-17(18(4-2)10-5-6-11-18)13-14-15(19)8-7-9-16(14)20/h7-9,17,21H,3-6,10-13H2,1-2H3.